The van der Waals surface area contributed by atoms with E-state index in [1.165, 1.54) is 0 Å². The van der Waals surface area contributed by atoms with Crippen LogP contribution in [0.25, 0.3) is 0 Å². The van der Waals surface area contributed by atoms with Crippen molar-refractivity contribution in [1.29, 1.82) is 0 Å². The summed E-state index contributed by atoms with van der Waals surface area (Å²) >= 11 is 0. The molecule has 0 aromatic carbocycles. The van der Waals surface area contributed by atoms with Gasteiger partial charge in [-0.2, -0.15) is 0 Å². The van der Waals surface area contributed by atoms with Gasteiger partial charge in [0.1, 0.15) is 0 Å². The number of likely N-dealkylation sites (N-methyl/N-ethyl adjacent to an activating group) is 1. The number of carbonyl (C=O) groups is 1. The highest BCUT2D eigenvalue weighted by molar-refractivity contribution is 5.81. The Morgan fingerprint density at radius 3 is 2.56 bits per heavy atom. The fourth-order valence-electron chi connectivity index (χ4n) is 2.57. The molecule has 0 spiro atoms. The second-order valence-electron chi connectivity index (χ2n) is 5.32. The van der Waals surface area contributed by atoms with Crippen LogP contribution in [-0.4, -0.2) is 60.6 Å². The van der Waals surface area contributed by atoms with Crippen LogP contribution in [0.3, 0.4) is 0 Å². The zero-order chi connectivity index (χ0) is 11.7. The van der Waals surface area contributed by atoms with Crippen LogP contribution in [0.15, 0.2) is 0 Å². The van der Waals surface area contributed by atoms with Gasteiger partial charge in [0.15, 0.2) is 0 Å². The summed E-state index contributed by atoms with van der Waals surface area (Å²) in [6.45, 7) is 1.84. The largest absolute Gasteiger partial charge is 0.396 e. The number of amides is 1. The molecular formula is C12H22N2O2. The number of nitrogens with zero attached hydrogens (tertiary/aromatic N) is 2. The molecule has 1 N–H and O–H groups in total. The van der Waals surface area contributed by atoms with E-state index in [1.54, 1.807) is 0 Å². The van der Waals surface area contributed by atoms with Crippen molar-refractivity contribution in [2.24, 2.45) is 11.8 Å². The number of hydrogen-bond donors (Lipinski definition) is 1. The number of hydrogen-bond acceptors (Lipinski definition) is 3. The molecular weight excluding hydrogens is 204 g/mol. The Labute approximate surface area is 97.2 Å². The molecule has 1 saturated carbocycles. The normalized spacial score (nSPS) is 30.9. The second-order valence-corrected chi connectivity index (χ2v) is 5.32. The molecule has 2 atom stereocenters. The molecule has 2 aliphatic rings. The van der Waals surface area contributed by atoms with Gasteiger partial charge in [-0.05, 0) is 33.4 Å². The summed E-state index contributed by atoms with van der Waals surface area (Å²) in [5.41, 5.74) is 0. The topological polar surface area (TPSA) is 43.8 Å². The summed E-state index contributed by atoms with van der Waals surface area (Å²) in [5.74, 6) is 0.968. The number of aliphatic hydroxyl groups is 1. The van der Waals surface area contributed by atoms with Crippen LogP contribution in [-0.2, 0) is 4.79 Å². The molecule has 1 aliphatic carbocycles. The zero-order valence-corrected chi connectivity index (χ0v) is 10.2. The van der Waals surface area contributed by atoms with E-state index in [2.05, 4.69) is 4.90 Å². The number of carbonyl (C=O) groups excluding carboxylic acids is 1. The maximum Gasteiger partial charge on any atom is 0.225 e. The van der Waals surface area contributed by atoms with Crippen molar-refractivity contribution in [2.75, 3.05) is 33.8 Å². The first kappa shape index (κ1) is 11.9. The Morgan fingerprint density at radius 2 is 2.06 bits per heavy atom. The Bertz CT molecular complexity index is 264. The zero-order valence-electron chi connectivity index (χ0n) is 10.2. The molecule has 0 aromatic heterocycles. The second kappa shape index (κ2) is 4.72. The van der Waals surface area contributed by atoms with Crippen molar-refractivity contribution in [1.82, 2.24) is 9.80 Å². The van der Waals surface area contributed by atoms with Crippen LogP contribution in [0.5, 0.6) is 0 Å². The predicted molar refractivity (Wildman–Crippen MR) is 62.0 cm³/mol. The lowest BCUT2D eigenvalue weighted by Crippen LogP contribution is -2.53. The van der Waals surface area contributed by atoms with E-state index in [-0.39, 0.29) is 6.61 Å². The molecule has 0 bridgehead atoms. The van der Waals surface area contributed by atoms with E-state index in [1.807, 2.05) is 19.0 Å². The van der Waals surface area contributed by atoms with E-state index in [0.29, 0.717) is 23.8 Å². The van der Waals surface area contributed by atoms with Crippen LogP contribution in [0, 0.1) is 11.8 Å². The van der Waals surface area contributed by atoms with Gasteiger partial charge in [0.25, 0.3) is 0 Å². The summed E-state index contributed by atoms with van der Waals surface area (Å²) in [4.78, 5) is 16.1. The van der Waals surface area contributed by atoms with Crippen LogP contribution in [0.2, 0.25) is 0 Å². The van der Waals surface area contributed by atoms with E-state index in [0.717, 1.165) is 32.4 Å². The van der Waals surface area contributed by atoms with Crippen molar-refractivity contribution in [3.63, 3.8) is 0 Å². The standard InChI is InChI=1S/C12H22N2O2/c1-13(2)11-7-14(6-5-10(11)8-15)12(16)9-3-4-9/h9-11,15H,3-8H2,1-2H3/t10-,11-/m1/s1. The monoisotopic (exact) mass is 226 g/mol. The lowest BCUT2D eigenvalue weighted by Gasteiger charge is -2.41. The van der Waals surface area contributed by atoms with E-state index >= 15 is 0 Å². The van der Waals surface area contributed by atoms with Gasteiger partial charge in [-0.15, -0.1) is 0 Å². The minimum atomic E-state index is 0.230. The highest BCUT2D eigenvalue weighted by Crippen LogP contribution is 2.32. The van der Waals surface area contributed by atoms with Crippen LogP contribution >= 0.6 is 0 Å². The fraction of sp³-hybridized carbons (Fsp3) is 0.917. The first-order chi connectivity index (χ1) is 7.63. The van der Waals surface area contributed by atoms with Gasteiger partial charge in [0.2, 0.25) is 5.91 Å². The first-order valence-corrected chi connectivity index (χ1v) is 6.19. The lowest BCUT2D eigenvalue weighted by atomic mass is 9.91. The lowest BCUT2D eigenvalue weighted by molar-refractivity contribution is -0.135. The highest BCUT2D eigenvalue weighted by atomic mass is 16.3. The summed E-state index contributed by atoms with van der Waals surface area (Å²) in [6.07, 6.45) is 3.08. The minimum absolute atomic E-state index is 0.230. The van der Waals surface area contributed by atoms with Gasteiger partial charge < -0.3 is 14.9 Å². The molecule has 16 heavy (non-hydrogen) atoms. The quantitative estimate of drug-likeness (QED) is 0.746. The smallest absolute Gasteiger partial charge is 0.225 e. The first-order valence-electron chi connectivity index (χ1n) is 6.19. The molecule has 1 heterocycles. The molecule has 1 saturated heterocycles. The number of likely N-dealkylation sites (tertiary alicyclic amines) is 1. The molecule has 2 fully saturated rings. The van der Waals surface area contributed by atoms with Gasteiger partial charge >= 0.3 is 0 Å². The summed E-state index contributed by atoms with van der Waals surface area (Å²) in [5, 5.41) is 9.33. The third-order valence-corrected chi connectivity index (χ3v) is 3.86. The molecule has 1 aliphatic heterocycles. The van der Waals surface area contributed by atoms with E-state index < -0.39 is 0 Å². The molecule has 92 valence electrons. The van der Waals surface area contributed by atoms with Crippen molar-refractivity contribution < 1.29 is 9.90 Å². The Morgan fingerprint density at radius 1 is 1.38 bits per heavy atom. The molecule has 0 unspecified atom stereocenters. The number of piperidine rings is 1. The Balaban J connectivity index is 1.96. The number of aliphatic hydroxyl groups excluding tert-OH is 1. The summed E-state index contributed by atoms with van der Waals surface area (Å²) in [7, 11) is 4.05. The third-order valence-electron chi connectivity index (χ3n) is 3.86. The number of rotatable bonds is 3. The highest BCUT2D eigenvalue weighted by Gasteiger charge is 2.38. The third kappa shape index (κ3) is 2.38. The Hall–Kier alpha value is -0.610. The van der Waals surface area contributed by atoms with Gasteiger partial charge in [0.05, 0.1) is 0 Å². The van der Waals surface area contributed by atoms with Crippen LogP contribution < -0.4 is 0 Å². The van der Waals surface area contributed by atoms with Crippen molar-refractivity contribution in [3.8, 4) is 0 Å². The Kier molecular flexibility index (Phi) is 3.50. The van der Waals surface area contributed by atoms with Gasteiger partial charge in [0, 0.05) is 37.6 Å². The van der Waals surface area contributed by atoms with Crippen molar-refractivity contribution in [2.45, 2.75) is 25.3 Å². The molecule has 2 rings (SSSR count). The minimum Gasteiger partial charge on any atom is -0.396 e. The molecule has 0 radical (unpaired) electrons. The summed E-state index contributed by atoms with van der Waals surface area (Å²) < 4.78 is 0. The van der Waals surface area contributed by atoms with Gasteiger partial charge in [-0.25, -0.2) is 0 Å². The van der Waals surface area contributed by atoms with Crippen LogP contribution in [0.1, 0.15) is 19.3 Å². The van der Waals surface area contributed by atoms with Crippen LogP contribution in [0.4, 0.5) is 0 Å². The van der Waals surface area contributed by atoms with E-state index in [4.69, 9.17) is 0 Å². The van der Waals surface area contributed by atoms with Gasteiger partial charge in [-0.3, -0.25) is 4.79 Å². The molecule has 1 amide bonds. The van der Waals surface area contributed by atoms with Gasteiger partial charge in [-0.1, -0.05) is 0 Å². The fourth-order valence-corrected chi connectivity index (χ4v) is 2.57. The maximum absolute atomic E-state index is 12.0. The predicted octanol–water partition coefficient (Wildman–Crippen LogP) is 0.167. The summed E-state index contributed by atoms with van der Waals surface area (Å²) in [6, 6.07) is 0.307. The average Bonchev–Trinajstić information content (AvgIpc) is 3.11. The molecule has 4 nitrogen and oxygen atoms in total. The van der Waals surface area contributed by atoms with Crippen molar-refractivity contribution >= 4 is 5.91 Å². The average molecular weight is 226 g/mol. The SMILES string of the molecule is CN(C)[C@@H]1CN(C(=O)C2CC2)CC[C@@H]1CO. The maximum atomic E-state index is 12.0. The molecule has 0 aromatic rings. The molecule has 4 heteroatoms. The van der Waals surface area contributed by atoms with E-state index in [9.17, 15) is 9.90 Å². The van der Waals surface area contributed by atoms with Crippen molar-refractivity contribution in [3.05, 3.63) is 0 Å².